The molecule has 3 aromatic carbocycles. The number of rotatable bonds is 8. The maximum absolute atomic E-state index is 13.4. The van der Waals surface area contributed by atoms with Gasteiger partial charge >= 0.3 is 5.97 Å². The highest BCUT2D eigenvalue weighted by Gasteiger charge is 2.27. The zero-order valence-corrected chi connectivity index (χ0v) is 20.6. The lowest BCUT2D eigenvalue weighted by Gasteiger charge is -2.24. The number of sulfonamides is 1. The predicted octanol–water partition coefficient (Wildman–Crippen LogP) is 4.97. The van der Waals surface area contributed by atoms with E-state index in [-0.39, 0.29) is 17.2 Å². The predicted molar refractivity (Wildman–Crippen MR) is 133 cm³/mol. The van der Waals surface area contributed by atoms with E-state index in [1.165, 1.54) is 18.2 Å². The SMILES string of the molecule is CCOC(=O)c1ccc(NC(=O)CN(c2cccc(Cl)c2)S(=O)(=O)c2ccc(C)cc2)c(C)c1. The second-order valence-corrected chi connectivity index (χ2v) is 9.90. The van der Waals surface area contributed by atoms with Crippen molar-refractivity contribution < 1.29 is 22.7 Å². The van der Waals surface area contributed by atoms with Gasteiger partial charge < -0.3 is 10.1 Å². The van der Waals surface area contributed by atoms with Crippen LogP contribution < -0.4 is 9.62 Å². The topological polar surface area (TPSA) is 92.8 Å². The highest BCUT2D eigenvalue weighted by atomic mass is 35.5. The molecule has 3 aromatic rings. The Bertz CT molecular complexity index is 1310. The molecule has 0 radical (unpaired) electrons. The van der Waals surface area contributed by atoms with Crippen molar-refractivity contribution in [3.8, 4) is 0 Å². The lowest BCUT2D eigenvalue weighted by Crippen LogP contribution is -2.38. The molecule has 9 heteroatoms. The van der Waals surface area contributed by atoms with E-state index >= 15 is 0 Å². The first kappa shape index (κ1) is 25.3. The van der Waals surface area contributed by atoms with Crippen molar-refractivity contribution in [2.75, 3.05) is 22.8 Å². The van der Waals surface area contributed by atoms with Crippen LogP contribution in [0.5, 0.6) is 0 Å². The average Bonchev–Trinajstić information content (AvgIpc) is 2.79. The summed E-state index contributed by atoms with van der Waals surface area (Å²) in [5.41, 5.74) is 2.62. The van der Waals surface area contributed by atoms with Gasteiger partial charge in [0.2, 0.25) is 5.91 Å². The number of benzene rings is 3. The molecule has 0 spiro atoms. The van der Waals surface area contributed by atoms with Crippen molar-refractivity contribution in [2.45, 2.75) is 25.7 Å². The number of halogens is 1. The molecule has 0 aliphatic carbocycles. The molecule has 1 amide bonds. The Morgan fingerprint density at radius 2 is 1.71 bits per heavy atom. The van der Waals surface area contributed by atoms with E-state index < -0.39 is 28.4 Å². The van der Waals surface area contributed by atoms with Crippen molar-refractivity contribution in [1.82, 2.24) is 0 Å². The van der Waals surface area contributed by atoms with Crippen LogP contribution in [-0.2, 0) is 19.6 Å². The summed E-state index contributed by atoms with van der Waals surface area (Å²) in [5.74, 6) is -1.01. The second kappa shape index (κ2) is 10.7. The van der Waals surface area contributed by atoms with E-state index in [4.69, 9.17) is 16.3 Å². The highest BCUT2D eigenvalue weighted by molar-refractivity contribution is 7.92. The van der Waals surface area contributed by atoms with Gasteiger partial charge in [-0.2, -0.15) is 0 Å². The second-order valence-electron chi connectivity index (χ2n) is 7.60. The number of aryl methyl sites for hydroxylation is 2. The number of nitrogens with one attached hydrogen (secondary N) is 1. The molecule has 0 aliphatic rings. The van der Waals surface area contributed by atoms with E-state index in [0.29, 0.717) is 21.8 Å². The summed E-state index contributed by atoms with van der Waals surface area (Å²) in [4.78, 5) is 24.9. The number of ether oxygens (including phenoxy) is 1. The molecule has 0 saturated heterocycles. The molecule has 0 fully saturated rings. The van der Waals surface area contributed by atoms with Crippen LogP contribution in [0.4, 0.5) is 11.4 Å². The molecular formula is C25H25ClN2O5S. The number of nitrogens with zero attached hydrogens (tertiary/aromatic N) is 1. The summed E-state index contributed by atoms with van der Waals surface area (Å²) in [6.07, 6.45) is 0. The standard InChI is InChI=1S/C25H25ClN2O5S/c1-4-33-25(30)19-10-13-23(18(3)14-19)27-24(29)16-28(21-7-5-6-20(26)15-21)34(31,32)22-11-8-17(2)9-12-22/h5-15H,4,16H2,1-3H3,(H,27,29). The van der Waals surface area contributed by atoms with Crippen LogP contribution in [0.2, 0.25) is 5.02 Å². The summed E-state index contributed by atoms with van der Waals surface area (Å²) in [6.45, 7) is 5.08. The van der Waals surface area contributed by atoms with Gasteiger partial charge in [0.1, 0.15) is 6.54 Å². The van der Waals surface area contributed by atoms with Gasteiger partial charge in [0.25, 0.3) is 10.0 Å². The quantitative estimate of drug-likeness (QED) is 0.441. The van der Waals surface area contributed by atoms with Gasteiger partial charge in [-0.3, -0.25) is 9.10 Å². The molecule has 0 aliphatic heterocycles. The molecule has 0 atom stereocenters. The fourth-order valence-electron chi connectivity index (χ4n) is 3.25. The third-order valence-electron chi connectivity index (χ3n) is 5.00. The van der Waals surface area contributed by atoms with E-state index in [9.17, 15) is 18.0 Å². The van der Waals surface area contributed by atoms with E-state index in [1.54, 1.807) is 62.4 Å². The number of amides is 1. The van der Waals surface area contributed by atoms with E-state index in [2.05, 4.69) is 5.32 Å². The van der Waals surface area contributed by atoms with Crippen LogP contribution in [0.1, 0.15) is 28.4 Å². The van der Waals surface area contributed by atoms with Gasteiger partial charge in [-0.25, -0.2) is 13.2 Å². The lowest BCUT2D eigenvalue weighted by atomic mass is 10.1. The Balaban J connectivity index is 1.89. The summed E-state index contributed by atoms with van der Waals surface area (Å²) in [6, 6.07) is 17.4. The minimum absolute atomic E-state index is 0.0563. The zero-order valence-electron chi connectivity index (χ0n) is 19.0. The van der Waals surface area contributed by atoms with Gasteiger partial charge in [-0.1, -0.05) is 35.4 Å². The third kappa shape index (κ3) is 5.95. The van der Waals surface area contributed by atoms with Crippen molar-refractivity contribution in [1.29, 1.82) is 0 Å². The van der Waals surface area contributed by atoms with Gasteiger partial charge in [0.15, 0.2) is 0 Å². The molecule has 178 valence electrons. The number of esters is 1. The van der Waals surface area contributed by atoms with Crippen molar-refractivity contribution in [3.05, 3.63) is 88.4 Å². The van der Waals surface area contributed by atoms with Crippen LogP contribution in [-0.4, -0.2) is 33.4 Å². The van der Waals surface area contributed by atoms with E-state index in [1.807, 2.05) is 6.92 Å². The highest BCUT2D eigenvalue weighted by Crippen LogP contribution is 2.27. The number of carbonyl (C=O) groups excluding carboxylic acids is 2. The van der Waals surface area contributed by atoms with E-state index in [0.717, 1.165) is 9.87 Å². The van der Waals surface area contributed by atoms with Crippen LogP contribution in [0.3, 0.4) is 0 Å². The summed E-state index contributed by atoms with van der Waals surface area (Å²) >= 11 is 6.10. The fraction of sp³-hybridized carbons (Fsp3) is 0.200. The zero-order chi connectivity index (χ0) is 24.9. The first-order valence-electron chi connectivity index (χ1n) is 10.5. The number of hydrogen-bond donors (Lipinski definition) is 1. The molecule has 34 heavy (non-hydrogen) atoms. The maximum Gasteiger partial charge on any atom is 0.338 e. The largest absolute Gasteiger partial charge is 0.462 e. The first-order valence-corrected chi connectivity index (χ1v) is 12.4. The van der Waals surface area contributed by atoms with Gasteiger partial charge in [-0.05, 0) is 74.9 Å². The monoisotopic (exact) mass is 500 g/mol. The third-order valence-corrected chi connectivity index (χ3v) is 7.03. The Labute approximate surface area is 204 Å². The Morgan fingerprint density at radius 3 is 2.32 bits per heavy atom. The Morgan fingerprint density at radius 1 is 1.00 bits per heavy atom. The van der Waals surface area contributed by atoms with Crippen LogP contribution in [0.25, 0.3) is 0 Å². The molecule has 7 nitrogen and oxygen atoms in total. The molecular weight excluding hydrogens is 476 g/mol. The van der Waals surface area contributed by atoms with Crippen LogP contribution >= 0.6 is 11.6 Å². The van der Waals surface area contributed by atoms with Crippen molar-refractivity contribution >= 4 is 44.9 Å². The number of hydrogen-bond acceptors (Lipinski definition) is 5. The van der Waals surface area contributed by atoms with Gasteiger partial charge in [0, 0.05) is 10.7 Å². The van der Waals surface area contributed by atoms with Gasteiger partial charge in [-0.15, -0.1) is 0 Å². The summed E-state index contributed by atoms with van der Waals surface area (Å²) in [5, 5.41) is 3.07. The van der Waals surface area contributed by atoms with Crippen molar-refractivity contribution in [2.24, 2.45) is 0 Å². The first-order chi connectivity index (χ1) is 16.1. The molecule has 0 saturated carbocycles. The minimum atomic E-state index is -4.06. The lowest BCUT2D eigenvalue weighted by molar-refractivity contribution is -0.114. The molecule has 0 unspecified atom stereocenters. The van der Waals surface area contributed by atoms with Crippen LogP contribution in [0, 0.1) is 13.8 Å². The normalized spacial score (nSPS) is 11.1. The summed E-state index contributed by atoms with van der Waals surface area (Å²) < 4.78 is 32.9. The number of carbonyl (C=O) groups is 2. The molecule has 0 aromatic heterocycles. The average molecular weight is 501 g/mol. The number of anilines is 2. The molecule has 1 N–H and O–H groups in total. The summed E-state index contributed by atoms with van der Waals surface area (Å²) in [7, 11) is -4.06. The van der Waals surface area contributed by atoms with Crippen molar-refractivity contribution in [3.63, 3.8) is 0 Å². The Kier molecular flexibility index (Phi) is 7.96. The molecule has 0 bridgehead atoms. The molecule has 0 heterocycles. The molecule has 3 rings (SSSR count). The fourth-order valence-corrected chi connectivity index (χ4v) is 4.85. The smallest absolute Gasteiger partial charge is 0.338 e. The van der Waals surface area contributed by atoms with Gasteiger partial charge in [0.05, 0.1) is 22.8 Å². The van der Waals surface area contributed by atoms with Crippen LogP contribution in [0.15, 0.2) is 71.6 Å². The minimum Gasteiger partial charge on any atom is -0.462 e. The maximum atomic E-state index is 13.4. The Hall–Kier alpha value is -3.36.